The van der Waals surface area contributed by atoms with Crippen LogP contribution >= 0.6 is 11.6 Å². The van der Waals surface area contributed by atoms with Gasteiger partial charge in [0.1, 0.15) is 5.82 Å². The van der Waals surface area contributed by atoms with E-state index in [0.29, 0.717) is 6.54 Å². The van der Waals surface area contributed by atoms with E-state index in [2.05, 4.69) is 10.0 Å². The quantitative estimate of drug-likeness (QED) is 0.846. The first kappa shape index (κ1) is 15.2. The lowest BCUT2D eigenvalue weighted by atomic mass is 10.3. The Hall–Kier alpha value is -0.850. The van der Waals surface area contributed by atoms with Gasteiger partial charge in [0.2, 0.25) is 10.0 Å². The van der Waals surface area contributed by atoms with Crippen LogP contribution in [-0.2, 0) is 10.0 Å². The Balaban J connectivity index is 2.65. The summed E-state index contributed by atoms with van der Waals surface area (Å²) in [7, 11) is -3.49. The summed E-state index contributed by atoms with van der Waals surface area (Å²) in [6.07, 6.45) is 0. The first-order valence-electron chi connectivity index (χ1n) is 5.49. The summed E-state index contributed by atoms with van der Waals surface area (Å²) in [6.45, 7) is 4.19. The molecule has 7 heteroatoms. The summed E-state index contributed by atoms with van der Waals surface area (Å²) in [5.41, 5.74) is 0.183. The van der Waals surface area contributed by atoms with Gasteiger partial charge in [-0.3, -0.25) is 4.72 Å². The van der Waals surface area contributed by atoms with E-state index < -0.39 is 15.8 Å². The highest BCUT2D eigenvalue weighted by Crippen LogP contribution is 2.23. The number of rotatable bonds is 6. The van der Waals surface area contributed by atoms with Gasteiger partial charge < -0.3 is 5.32 Å². The van der Waals surface area contributed by atoms with Crippen LogP contribution in [0.1, 0.15) is 13.8 Å². The maximum atomic E-state index is 12.8. The van der Waals surface area contributed by atoms with Crippen molar-refractivity contribution in [3.05, 3.63) is 29.0 Å². The Morgan fingerprint density at radius 2 is 2.06 bits per heavy atom. The van der Waals surface area contributed by atoms with Crippen molar-refractivity contribution in [3.8, 4) is 0 Å². The zero-order valence-electron chi connectivity index (χ0n) is 10.2. The second-order valence-corrected chi connectivity index (χ2v) is 6.40. The standard InChI is InChI=1S/C11H16ClFN2O2S/c1-8(2)14-5-6-18(16,17)15-11-4-3-9(13)7-10(11)12/h3-4,7-8,14-15H,5-6H2,1-2H3. The predicted octanol–water partition coefficient (Wildman–Crippen LogP) is 2.22. The highest BCUT2D eigenvalue weighted by atomic mass is 35.5. The van der Waals surface area contributed by atoms with Crippen molar-refractivity contribution in [2.45, 2.75) is 19.9 Å². The van der Waals surface area contributed by atoms with Crippen molar-refractivity contribution in [2.75, 3.05) is 17.0 Å². The molecule has 1 aromatic rings. The Morgan fingerprint density at radius 3 is 2.61 bits per heavy atom. The lowest BCUT2D eigenvalue weighted by Crippen LogP contribution is -2.31. The number of hydrogen-bond donors (Lipinski definition) is 2. The normalized spacial score (nSPS) is 11.8. The molecule has 0 bridgehead atoms. The molecule has 4 nitrogen and oxygen atoms in total. The fourth-order valence-corrected chi connectivity index (χ4v) is 2.54. The van der Waals surface area contributed by atoms with Crippen molar-refractivity contribution in [1.82, 2.24) is 5.32 Å². The molecule has 0 aliphatic carbocycles. The van der Waals surface area contributed by atoms with Crippen LogP contribution in [0.2, 0.25) is 5.02 Å². The summed E-state index contributed by atoms with van der Waals surface area (Å²) in [6, 6.07) is 3.72. The Morgan fingerprint density at radius 1 is 1.39 bits per heavy atom. The molecule has 2 N–H and O–H groups in total. The van der Waals surface area contributed by atoms with Gasteiger partial charge in [0, 0.05) is 12.6 Å². The smallest absolute Gasteiger partial charge is 0.234 e. The van der Waals surface area contributed by atoms with Gasteiger partial charge in [0.05, 0.1) is 16.5 Å². The lowest BCUT2D eigenvalue weighted by molar-refractivity contribution is 0.582. The molecule has 1 rings (SSSR count). The minimum atomic E-state index is -3.49. The Labute approximate surface area is 112 Å². The molecule has 0 fully saturated rings. The Bertz CT molecular complexity index is 506. The number of nitrogens with one attached hydrogen (secondary N) is 2. The number of anilines is 1. The fraction of sp³-hybridized carbons (Fsp3) is 0.455. The topological polar surface area (TPSA) is 58.2 Å². The van der Waals surface area contributed by atoms with Crippen LogP contribution in [0.25, 0.3) is 0 Å². The minimum absolute atomic E-state index is 0.0374. The molecule has 0 aliphatic heterocycles. The number of hydrogen-bond acceptors (Lipinski definition) is 3. The van der Waals surface area contributed by atoms with Crippen molar-refractivity contribution in [1.29, 1.82) is 0 Å². The van der Waals surface area contributed by atoms with Gasteiger partial charge in [0.15, 0.2) is 0 Å². The highest BCUT2D eigenvalue weighted by molar-refractivity contribution is 7.92. The average Bonchev–Trinajstić information content (AvgIpc) is 2.21. The third-order valence-electron chi connectivity index (χ3n) is 2.12. The van der Waals surface area contributed by atoms with Crippen LogP contribution in [0.5, 0.6) is 0 Å². The number of sulfonamides is 1. The van der Waals surface area contributed by atoms with Gasteiger partial charge >= 0.3 is 0 Å². The molecule has 1 aromatic carbocycles. The Kier molecular flexibility index (Phi) is 5.37. The maximum absolute atomic E-state index is 12.8. The summed E-state index contributed by atoms with van der Waals surface area (Å²) < 4.78 is 38.6. The summed E-state index contributed by atoms with van der Waals surface area (Å²) >= 11 is 5.74. The molecule has 0 radical (unpaired) electrons. The van der Waals surface area contributed by atoms with Crippen molar-refractivity contribution in [3.63, 3.8) is 0 Å². The molecule has 0 saturated heterocycles. The molecule has 0 spiro atoms. The van der Waals surface area contributed by atoms with Gasteiger partial charge in [-0.15, -0.1) is 0 Å². The third kappa shape index (κ3) is 5.20. The maximum Gasteiger partial charge on any atom is 0.234 e. The lowest BCUT2D eigenvalue weighted by Gasteiger charge is -2.11. The monoisotopic (exact) mass is 294 g/mol. The molecule has 102 valence electrons. The van der Waals surface area contributed by atoms with E-state index in [0.717, 1.165) is 12.1 Å². The highest BCUT2D eigenvalue weighted by Gasteiger charge is 2.12. The molecule has 0 aromatic heterocycles. The number of benzene rings is 1. The molecule has 0 amide bonds. The van der Waals surface area contributed by atoms with Gasteiger partial charge in [0.25, 0.3) is 0 Å². The minimum Gasteiger partial charge on any atom is -0.313 e. The van der Waals surface area contributed by atoms with E-state index >= 15 is 0 Å². The molecule has 0 heterocycles. The van der Waals surface area contributed by atoms with E-state index in [1.807, 2.05) is 13.8 Å². The van der Waals surface area contributed by atoms with E-state index in [1.54, 1.807) is 0 Å². The van der Waals surface area contributed by atoms with Crippen LogP contribution in [0.3, 0.4) is 0 Å². The SMILES string of the molecule is CC(C)NCCS(=O)(=O)Nc1ccc(F)cc1Cl. The first-order valence-corrected chi connectivity index (χ1v) is 7.52. The van der Waals surface area contributed by atoms with Crippen molar-refractivity contribution >= 4 is 27.3 Å². The number of halogens is 2. The second-order valence-electron chi connectivity index (χ2n) is 4.15. The van der Waals surface area contributed by atoms with E-state index in [-0.39, 0.29) is 22.5 Å². The van der Waals surface area contributed by atoms with Crippen LogP contribution < -0.4 is 10.0 Å². The molecular formula is C11H16ClFN2O2S. The van der Waals surface area contributed by atoms with Crippen molar-refractivity contribution in [2.24, 2.45) is 0 Å². The molecular weight excluding hydrogens is 279 g/mol. The van der Waals surface area contributed by atoms with Crippen LogP contribution in [-0.4, -0.2) is 26.8 Å². The van der Waals surface area contributed by atoms with Crippen LogP contribution in [0, 0.1) is 5.82 Å². The van der Waals surface area contributed by atoms with Gasteiger partial charge in [-0.1, -0.05) is 25.4 Å². The van der Waals surface area contributed by atoms with Crippen LogP contribution in [0.4, 0.5) is 10.1 Å². The van der Waals surface area contributed by atoms with Crippen molar-refractivity contribution < 1.29 is 12.8 Å². The van der Waals surface area contributed by atoms with E-state index in [4.69, 9.17) is 11.6 Å². The predicted molar refractivity (Wildman–Crippen MR) is 72.0 cm³/mol. The molecule has 0 atom stereocenters. The largest absolute Gasteiger partial charge is 0.313 e. The zero-order chi connectivity index (χ0) is 13.8. The van der Waals surface area contributed by atoms with Gasteiger partial charge in [-0.25, -0.2) is 12.8 Å². The summed E-state index contributed by atoms with van der Waals surface area (Å²) in [5.74, 6) is -0.580. The van der Waals surface area contributed by atoms with Gasteiger partial charge in [-0.05, 0) is 18.2 Å². The molecule has 0 aliphatic rings. The van der Waals surface area contributed by atoms with Gasteiger partial charge in [-0.2, -0.15) is 0 Å². The second kappa shape index (κ2) is 6.36. The molecule has 0 saturated carbocycles. The third-order valence-corrected chi connectivity index (χ3v) is 3.71. The van der Waals surface area contributed by atoms with Crippen LogP contribution in [0.15, 0.2) is 18.2 Å². The summed E-state index contributed by atoms with van der Waals surface area (Å²) in [5, 5.41) is 3.04. The summed E-state index contributed by atoms with van der Waals surface area (Å²) in [4.78, 5) is 0. The fourth-order valence-electron chi connectivity index (χ4n) is 1.27. The van der Waals surface area contributed by atoms with E-state index in [9.17, 15) is 12.8 Å². The molecule has 18 heavy (non-hydrogen) atoms. The molecule has 0 unspecified atom stereocenters. The average molecular weight is 295 g/mol. The zero-order valence-corrected chi connectivity index (χ0v) is 11.8. The first-order chi connectivity index (χ1) is 8.30. The van der Waals surface area contributed by atoms with E-state index in [1.165, 1.54) is 6.07 Å².